The Hall–Kier alpha value is -2.99. The first kappa shape index (κ1) is 19.3. The maximum absolute atomic E-state index is 12.1. The second kappa shape index (κ2) is 8.92. The molecule has 0 radical (unpaired) electrons. The van der Waals surface area contributed by atoms with Crippen LogP contribution in [0.2, 0.25) is 5.02 Å². The molecule has 0 saturated heterocycles. The Bertz CT molecular complexity index is 848. The van der Waals surface area contributed by atoms with Crippen LogP contribution in [0.1, 0.15) is 15.9 Å². The van der Waals surface area contributed by atoms with E-state index in [4.69, 9.17) is 21.1 Å². The largest absolute Gasteiger partial charge is 0.493 e. The van der Waals surface area contributed by atoms with E-state index in [0.29, 0.717) is 17.2 Å². The summed E-state index contributed by atoms with van der Waals surface area (Å²) in [4.78, 5) is 23.7. The van der Waals surface area contributed by atoms with E-state index in [1.807, 2.05) is 0 Å². The van der Waals surface area contributed by atoms with Crippen molar-refractivity contribution in [3.8, 4) is 11.5 Å². The molecular weight excluding hydrogens is 358 g/mol. The molecule has 7 heteroatoms. The highest BCUT2D eigenvalue weighted by atomic mass is 35.5. The minimum absolute atomic E-state index is 0.177. The lowest BCUT2D eigenvalue weighted by Gasteiger charge is -2.08. The van der Waals surface area contributed by atoms with Crippen molar-refractivity contribution in [2.75, 3.05) is 26.6 Å². The standard InChI is InChI=1S/C19H18ClNO5/c1-24-16-8-4-12(10-17(16)25-2)5-9-18(22)21-13-6-7-15(20)14(11-13)19(23)26-3/h4-11H,1-3H3,(H,21,22)/b9-5+. The number of amides is 1. The van der Waals surface area contributed by atoms with Crippen molar-refractivity contribution in [2.24, 2.45) is 0 Å². The Morgan fingerprint density at radius 3 is 2.38 bits per heavy atom. The Kier molecular flexibility index (Phi) is 6.63. The first-order valence-corrected chi connectivity index (χ1v) is 7.95. The summed E-state index contributed by atoms with van der Waals surface area (Å²) in [5.74, 6) is 0.228. The topological polar surface area (TPSA) is 73.9 Å². The van der Waals surface area contributed by atoms with E-state index in [9.17, 15) is 9.59 Å². The number of methoxy groups -OCH3 is 3. The van der Waals surface area contributed by atoms with Gasteiger partial charge < -0.3 is 19.5 Å². The fraction of sp³-hybridized carbons (Fsp3) is 0.158. The highest BCUT2D eigenvalue weighted by molar-refractivity contribution is 6.33. The Balaban J connectivity index is 2.11. The normalized spacial score (nSPS) is 10.5. The summed E-state index contributed by atoms with van der Waals surface area (Å²) in [5, 5.41) is 2.91. The zero-order valence-corrected chi connectivity index (χ0v) is 15.3. The van der Waals surface area contributed by atoms with Gasteiger partial charge >= 0.3 is 5.97 Å². The van der Waals surface area contributed by atoms with Crippen LogP contribution < -0.4 is 14.8 Å². The van der Waals surface area contributed by atoms with E-state index in [1.165, 1.54) is 32.4 Å². The quantitative estimate of drug-likeness (QED) is 0.614. The molecule has 0 aliphatic heterocycles. The van der Waals surface area contributed by atoms with Gasteiger partial charge in [0, 0.05) is 11.8 Å². The first-order valence-electron chi connectivity index (χ1n) is 7.57. The molecule has 136 valence electrons. The second-order valence-corrected chi connectivity index (χ2v) is 5.53. The zero-order chi connectivity index (χ0) is 19.1. The maximum Gasteiger partial charge on any atom is 0.339 e. The number of anilines is 1. The predicted octanol–water partition coefficient (Wildman–Crippen LogP) is 3.80. The molecule has 1 amide bonds. The summed E-state index contributed by atoms with van der Waals surface area (Å²) < 4.78 is 15.0. The molecule has 0 unspecified atom stereocenters. The van der Waals surface area contributed by atoms with Crippen LogP contribution in [0, 0.1) is 0 Å². The fourth-order valence-electron chi connectivity index (χ4n) is 2.18. The van der Waals surface area contributed by atoms with Gasteiger partial charge in [-0.1, -0.05) is 17.7 Å². The van der Waals surface area contributed by atoms with Crippen molar-refractivity contribution in [1.82, 2.24) is 0 Å². The van der Waals surface area contributed by atoms with Gasteiger partial charge in [0.1, 0.15) is 0 Å². The molecule has 0 spiro atoms. The number of carbonyl (C=O) groups is 2. The van der Waals surface area contributed by atoms with Gasteiger partial charge in [-0.15, -0.1) is 0 Å². The van der Waals surface area contributed by atoms with Crippen molar-refractivity contribution in [2.45, 2.75) is 0 Å². The van der Waals surface area contributed by atoms with E-state index < -0.39 is 5.97 Å². The number of hydrogen-bond donors (Lipinski definition) is 1. The van der Waals surface area contributed by atoms with E-state index in [2.05, 4.69) is 10.1 Å². The number of nitrogens with one attached hydrogen (secondary N) is 1. The summed E-state index contributed by atoms with van der Waals surface area (Å²) in [6.45, 7) is 0. The molecule has 0 heterocycles. The van der Waals surface area contributed by atoms with Crippen molar-refractivity contribution in [3.05, 3.63) is 58.6 Å². The van der Waals surface area contributed by atoms with Gasteiger partial charge in [0.05, 0.1) is 31.9 Å². The molecule has 0 aromatic heterocycles. The molecule has 6 nitrogen and oxygen atoms in total. The van der Waals surface area contributed by atoms with Gasteiger partial charge in [-0.2, -0.15) is 0 Å². The Morgan fingerprint density at radius 2 is 1.73 bits per heavy atom. The summed E-state index contributed by atoms with van der Waals surface area (Å²) in [6.07, 6.45) is 3.00. The van der Waals surface area contributed by atoms with Crippen LogP contribution in [0.4, 0.5) is 5.69 Å². The third-order valence-corrected chi connectivity index (χ3v) is 3.80. The van der Waals surface area contributed by atoms with Crippen molar-refractivity contribution in [3.63, 3.8) is 0 Å². The van der Waals surface area contributed by atoms with Crippen LogP contribution in [0.15, 0.2) is 42.5 Å². The third kappa shape index (κ3) is 4.77. The van der Waals surface area contributed by atoms with Crippen LogP contribution in [0.5, 0.6) is 11.5 Å². The minimum Gasteiger partial charge on any atom is -0.493 e. The predicted molar refractivity (Wildman–Crippen MR) is 100 cm³/mol. The molecule has 0 aliphatic rings. The van der Waals surface area contributed by atoms with Gasteiger partial charge in [-0.3, -0.25) is 4.79 Å². The smallest absolute Gasteiger partial charge is 0.339 e. The maximum atomic E-state index is 12.1. The molecular formula is C19H18ClNO5. The highest BCUT2D eigenvalue weighted by Crippen LogP contribution is 2.28. The van der Waals surface area contributed by atoms with E-state index in [0.717, 1.165) is 5.56 Å². The van der Waals surface area contributed by atoms with Gasteiger partial charge in [0.2, 0.25) is 5.91 Å². The monoisotopic (exact) mass is 375 g/mol. The molecule has 26 heavy (non-hydrogen) atoms. The first-order chi connectivity index (χ1) is 12.5. The van der Waals surface area contributed by atoms with Crippen LogP contribution in [-0.2, 0) is 9.53 Å². The SMILES string of the molecule is COC(=O)c1cc(NC(=O)/C=C/c2ccc(OC)c(OC)c2)ccc1Cl. The molecule has 2 aromatic carbocycles. The van der Waals surface area contributed by atoms with Crippen LogP contribution in [0.25, 0.3) is 6.08 Å². The molecule has 1 N–H and O–H groups in total. The average Bonchev–Trinajstić information content (AvgIpc) is 2.66. The Morgan fingerprint density at radius 1 is 1.00 bits per heavy atom. The average molecular weight is 376 g/mol. The number of esters is 1. The summed E-state index contributed by atoms with van der Waals surface area (Å²) >= 11 is 5.95. The molecule has 0 atom stereocenters. The minimum atomic E-state index is -0.577. The summed E-state index contributed by atoms with van der Waals surface area (Å²) in [7, 11) is 4.35. The number of benzene rings is 2. The number of halogens is 1. The van der Waals surface area contributed by atoms with Crippen LogP contribution in [0.3, 0.4) is 0 Å². The molecule has 0 saturated carbocycles. The van der Waals surface area contributed by atoms with Gasteiger partial charge in [0.25, 0.3) is 0 Å². The fourth-order valence-corrected chi connectivity index (χ4v) is 2.38. The number of hydrogen-bond acceptors (Lipinski definition) is 5. The number of rotatable bonds is 6. The lowest BCUT2D eigenvalue weighted by Crippen LogP contribution is -2.09. The summed E-state index contributed by atoms with van der Waals surface area (Å²) in [5.41, 5.74) is 1.37. The van der Waals surface area contributed by atoms with E-state index >= 15 is 0 Å². The van der Waals surface area contributed by atoms with Crippen molar-refractivity contribution < 1.29 is 23.8 Å². The summed E-state index contributed by atoms with van der Waals surface area (Å²) in [6, 6.07) is 9.86. The van der Waals surface area contributed by atoms with Crippen LogP contribution in [-0.4, -0.2) is 33.2 Å². The lowest BCUT2D eigenvalue weighted by atomic mass is 10.1. The highest BCUT2D eigenvalue weighted by Gasteiger charge is 2.12. The van der Waals surface area contributed by atoms with Crippen LogP contribution >= 0.6 is 11.6 Å². The molecule has 2 aromatic rings. The molecule has 0 aliphatic carbocycles. The second-order valence-electron chi connectivity index (χ2n) is 5.12. The number of carbonyl (C=O) groups excluding carboxylic acids is 2. The number of ether oxygens (including phenoxy) is 3. The van der Waals surface area contributed by atoms with Crippen molar-refractivity contribution in [1.29, 1.82) is 0 Å². The van der Waals surface area contributed by atoms with Gasteiger partial charge in [0.15, 0.2) is 11.5 Å². The zero-order valence-electron chi connectivity index (χ0n) is 14.5. The molecule has 0 bridgehead atoms. The molecule has 0 fully saturated rings. The van der Waals surface area contributed by atoms with Crippen molar-refractivity contribution >= 4 is 35.2 Å². The van der Waals surface area contributed by atoms with Gasteiger partial charge in [-0.05, 0) is 42.0 Å². The van der Waals surface area contributed by atoms with E-state index in [1.54, 1.807) is 37.5 Å². The van der Waals surface area contributed by atoms with Gasteiger partial charge in [-0.25, -0.2) is 4.79 Å². The third-order valence-electron chi connectivity index (χ3n) is 3.47. The van der Waals surface area contributed by atoms with E-state index in [-0.39, 0.29) is 16.5 Å². The lowest BCUT2D eigenvalue weighted by molar-refractivity contribution is -0.111. The Labute approximate surface area is 156 Å². The molecule has 2 rings (SSSR count).